The van der Waals surface area contributed by atoms with E-state index in [1.54, 1.807) is 25.7 Å². The van der Waals surface area contributed by atoms with Gasteiger partial charge in [-0.2, -0.15) is 13.2 Å². The Hall–Kier alpha value is -2.16. The van der Waals surface area contributed by atoms with E-state index in [-0.39, 0.29) is 31.6 Å². The van der Waals surface area contributed by atoms with Crippen LogP contribution in [0.15, 0.2) is 18.2 Å². The molecule has 2 unspecified atom stereocenters. The van der Waals surface area contributed by atoms with Gasteiger partial charge in [0.05, 0.1) is 30.9 Å². The summed E-state index contributed by atoms with van der Waals surface area (Å²) in [7, 11) is 0. The molecule has 2 saturated heterocycles. The normalized spacial score (nSPS) is 24.9. The van der Waals surface area contributed by atoms with Crippen LogP contribution in [0.3, 0.4) is 0 Å². The molecule has 2 aliphatic rings. The molecule has 2 bridgehead atoms. The number of nitrogens with zero attached hydrogens (tertiary/aromatic N) is 1. The Labute approximate surface area is 166 Å². The van der Waals surface area contributed by atoms with Gasteiger partial charge in [0, 0.05) is 11.5 Å². The molecule has 2 atom stereocenters. The quantitative estimate of drug-likeness (QED) is 0.527. The van der Waals surface area contributed by atoms with Crippen molar-refractivity contribution in [1.82, 2.24) is 4.90 Å². The topological polar surface area (TPSA) is 55.8 Å². The molecule has 2 heterocycles. The molecule has 0 aromatic heterocycles. The Bertz CT molecular complexity index is 789. The van der Waals surface area contributed by atoms with Gasteiger partial charge in [0.25, 0.3) is 0 Å². The summed E-state index contributed by atoms with van der Waals surface area (Å²) in [5.41, 5.74) is -2.33. The van der Waals surface area contributed by atoms with Crippen LogP contribution in [0, 0.1) is 11.7 Å². The first-order valence-corrected chi connectivity index (χ1v) is 9.37. The van der Waals surface area contributed by atoms with E-state index >= 15 is 0 Å². The van der Waals surface area contributed by atoms with Gasteiger partial charge in [-0.3, -0.25) is 9.69 Å². The number of ether oxygens (including phenoxy) is 2. The molecular formula is C20H23F4NO4. The van der Waals surface area contributed by atoms with Gasteiger partial charge in [0.15, 0.2) is 5.78 Å². The fraction of sp³-hybridized carbons (Fsp3) is 0.600. The van der Waals surface area contributed by atoms with Crippen LogP contribution in [0.2, 0.25) is 0 Å². The molecule has 1 amide bonds. The Morgan fingerprint density at radius 1 is 1.10 bits per heavy atom. The molecular weight excluding hydrogens is 394 g/mol. The molecule has 160 valence electrons. The lowest BCUT2D eigenvalue weighted by molar-refractivity contribution is -0.140. The number of hydrogen-bond donors (Lipinski definition) is 0. The van der Waals surface area contributed by atoms with Crippen LogP contribution in [-0.4, -0.2) is 47.7 Å². The first-order chi connectivity index (χ1) is 13.4. The van der Waals surface area contributed by atoms with Crippen LogP contribution in [-0.2, 0) is 15.7 Å². The molecule has 9 heteroatoms. The number of Topliss-reactive ketones (excluding diaryl/α,β-unsaturated/α-hetero) is 1. The van der Waals surface area contributed by atoms with Gasteiger partial charge < -0.3 is 9.47 Å². The van der Waals surface area contributed by atoms with Gasteiger partial charge >= 0.3 is 12.3 Å². The van der Waals surface area contributed by atoms with E-state index in [1.807, 2.05) is 0 Å². The van der Waals surface area contributed by atoms with Gasteiger partial charge in [0.1, 0.15) is 11.4 Å². The summed E-state index contributed by atoms with van der Waals surface area (Å²) in [5, 5.41) is 0. The predicted octanol–water partition coefficient (Wildman–Crippen LogP) is 4.44. The molecule has 1 aromatic carbocycles. The Balaban J connectivity index is 1.79. The lowest BCUT2D eigenvalue weighted by Gasteiger charge is -2.47. The highest BCUT2D eigenvalue weighted by Crippen LogP contribution is 2.36. The maximum absolute atomic E-state index is 13.5. The second-order valence-electron chi connectivity index (χ2n) is 8.46. The summed E-state index contributed by atoms with van der Waals surface area (Å²) in [4.78, 5) is 27.0. The number of carbonyl (C=O) groups excluding carboxylic acids is 2. The number of alkyl halides is 3. The third kappa shape index (κ3) is 4.71. The van der Waals surface area contributed by atoms with Gasteiger partial charge in [-0.05, 0) is 51.8 Å². The summed E-state index contributed by atoms with van der Waals surface area (Å²) in [5.74, 6) is -2.49. The first-order valence-electron chi connectivity index (χ1n) is 9.37. The first kappa shape index (κ1) is 21.5. The molecule has 0 N–H and O–H groups in total. The van der Waals surface area contributed by atoms with Gasteiger partial charge in [0.2, 0.25) is 0 Å². The van der Waals surface area contributed by atoms with Crippen molar-refractivity contribution < 1.29 is 36.6 Å². The number of ketones is 1. The minimum Gasteiger partial charge on any atom is -0.444 e. The zero-order chi connectivity index (χ0) is 21.6. The van der Waals surface area contributed by atoms with Crippen LogP contribution in [0.5, 0.6) is 0 Å². The van der Waals surface area contributed by atoms with Gasteiger partial charge in [-0.25, -0.2) is 9.18 Å². The molecule has 0 aliphatic carbocycles. The third-order valence-electron chi connectivity index (χ3n) is 5.05. The van der Waals surface area contributed by atoms with Crippen LogP contribution in [0.4, 0.5) is 22.4 Å². The van der Waals surface area contributed by atoms with Gasteiger partial charge in [-0.1, -0.05) is 0 Å². The van der Waals surface area contributed by atoms with Crippen molar-refractivity contribution in [2.45, 2.75) is 57.5 Å². The summed E-state index contributed by atoms with van der Waals surface area (Å²) < 4.78 is 63.4. The highest BCUT2D eigenvalue weighted by atomic mass is 19.4. The zero-order valence-electron chi connectivity index (χ0n) is 16.4. The number of benzene rings is 1. The maximum Gasteiger partial charge on any atom is 0.419 e. The van der Waals surface area contributed by atoms with E-state index < -0.39 is 53.0 Å². The van der Waals surface area contributed by atoms with Crippen molar-refractivity contribution in [2.24, 2.45) is 5.92 Å². The molecule has 3 rings (SSSR count). The van der Waals surface area contributed by atoms with Crippen molar-refractivity contribution >= 4 is 11.9 Å². The Morgan fingerprint density at radius 2 is 1.69 bits per heavy atom. The van der Waals surface area contributed by atoms with Crippen LogP contribution in [0.1, 0.15) is 49.5 Å². The molecule has 0 radical (unpaired) electrons. The highest BCUT2D eigenvalue weighted by Gasteiger charge is 2.45. The summed E-state index contributed by atoms with van der Waals surface area (Å²) in [6.45, 7) is 5.69. The number of fused-ring (bicyclic) bond motifs is 2. The SMILES string of the molecule is CC(C)(C)OC(=O)N1C2COCC1CC(C(=O)c1ccc(F)c(C(F)(F)F)c1)C2. The van der Waals surface area contributed by atoms with Crippen LogP contribution in [0.25, 0.3) is 0 Å². The van der Waals surface area contributed by atoms with E-state index in [0.29, 0.717) is 12.1 Å². The van der Waals surface area contributed by atoms with Crippen molar-refractivity contribution in [2.75, 3.05) is 13.2 Å². The van der Waals surface area contributed by atoms with Crippen LogP contribution >= 0.6 is 0 Å². The lowest BCUT2D eigenvalue weighted by Crippen LogP contribution is -2.60. The van der Waals surface area contributed by atoms with Crippen LogP contribution < -0.4 is 0 Å². The third-order valence-corrected chi connectivity index (χ3v) is 5.05. The van der Waals surface area contributed by atoms with Crippen molar-refractivity contribution in [1.29, 1.82) is 0 Å². The van der Waals surface area contributed by atoms with E-state index in [9.17, 15) is 27.2 Å². The molecule has 0 spiro atoms. The minimum atomic E-state index is -4.88. The van der Waals surface area contributed by atoms with Crippen molar-refractivity contribution in [3.05, 3.63) is 35.1 Å². The minimum absolute atomic E-state index is 0.187. The number of piperidine rings is 1. The van der Waals surface area contributed by atoms with E-state index in [1.165, 1.54) is 0 Å². The summed E-state index contributed by atoms with van der Waals surface area (Å²) >= 11 is 0. The number of rotatable bonds is 2. The van der Waals surface area contributed by atoms with Crippen molar-refractivity contribution in [3.63, 3.8) is 0 Å². The molecule has 0 saturated carbocycles. The predicted molar refractivity (Wildman–Crippen MR) is 94.9 cm³/mol. The smallest absolute Gasteiger partial charge is 0.419 e. The highest BCUT2D eigenvalue weighted by molar-refractivity contribution is 5.98. The summed E-state index contributed by atoms with van der Waals surface area (Å²) in [6, 6.07) is 1.47. The van der Waals surface area contributed by atoms with Gasteiger partial charge in [-0.15, -0.1) is 0 Å². The second-order valence-corrected chi connectivity index (χ2v) is 8.46. The standard InChI is InChI=1S/C20H23F4NO4/c1-19(2,3)29-18(27)25-13-6-12(7-14(25)10-28-9-13)17(26)11-4-5-16(21)15(8-11)20(22,23)24/h4-5,8,12-14H,6-7,9-10H2,1-3H3. The number of carbonyl (C=O) groups is 2. The maximum atomic E-state index is 13.5. The van der Waals surface area contributed by atoms with E-state index in [2.05, 4.69) is 0 Å². The average molecular weight is 417 g/mol. The average Bonchev–Trinajstić information content (AvgIpc) is 2.57. The van der Waals surface area contributed by atoms with E-state index in [0.717, 1.165) is 6.07 Å². The molecule has 2 fully saturated rings. The zero-order valence-corrected chi connectivity index (χ0v) is 16.4. The molecule has 2 aliphatic heterocycles. The summed E-state index contributed by atoms with van der Waals surface area (Å²) in [6.07, 6.45) is -4.89. The Morgan fingerprint density at radius 3 is 2.21 bits per heavy atom. The monoisotopic (exact) mass is 417 g/mol. The fourth-order valence-electron chi connectivity index (χ4n) is 3.87. The van der Waals surface area contributed by atoms with E-state index in [4.69, 9.17) is 9.47 Å². The number of morpholine rings is 1. The lowest BCUT2D eigenvalue weighted by atomic mass is 9.80. The molecule has 29 heavy (non-hydrogen) atoms. The largest absolute Gasteiger partial charge is 0.444 e. The number of amides is 1. The number of halogens is 4. The Kier molecular flexibility index (Phi) is 5.64. The molecule has 1 aromatic rings. The number of hydrogen-bond acceptors (Lipinski definition) is 4. The molecule has 5 nitrogen and oxygen atoms in total. The van der Waals surface area contributed by atoms with Crippen molar-refractivity contribution in [3.8, 4) is 0 Å². The second kappa shape index (κ2) is 7.59. The fourth-order valence-corrected chi connectivity index (χ4v) is 3.87.